The van der Waals surface area contributed by atoms with Gasteiger partial charge < -0.3 is 14.2 Å². The lowest BCUT2D eigenvalue weighted by Crippen LogP contribution is -1.96. The highest BCUT2D eigenvalue weighted by molar-refractivity contribution is 5.80. The molecule has 3 aromatic rings. The first kappa shape index (κ1) is 11.8. The van der Waals surface area contributed by atoms with Crippen LogP contribution in [0.25, 0.3) is 10.9 Å². The van der Waals surface area contributed by atoms with E-state index in [0.717, 1.165) is 16.7 Å². The topological polar surface area (TPSA) is 63.9 Å². The Bertz CT molecular complexity index is 685. The SMILES string of the molecule is CC(C)c1noc(COc2ccc3[nH]ccc3c2)n1. The van der Waals surface area contributed by atoms with E-state index in [9.17, 15) is 0 Å². The van der Waals surface area contributed by atoms with Gasteiger partial charge in [0.05, 0.1) is 0 Å². The first-order valence-corrected chi connectivity index (χ1v) is 6.25. The molecule has 0 aliphatic rings. The molecule has 1 N–H and O–H groups in total. The van der Waals surface area contributed by atoms with Crippen LogP contribution < -0.4 is 4.74 Å². The van der Waals surface area contributed by atoms with Gasteiger partial charge in [-0.1, -0.05) is 19.0 Å². The normalized spacial score (nSPS) is 11.3. The highest BCUT2D eigenvalue weighted by Crippen LogP contribution is 2.20. The Labute approximate surface area is 110 Å². The van der Waals surface area contributed by atoms with Gasteiger partial charge in [0.15, 0.2) is 12.4 Å². The Kier molecular flexibility index (Phi) is 2.95. The number of nitrogens with one attached hydrogen (secondary N) is 1. The lowest BCUT2D eigenvalue weighted by molar-refractivity contribution is 0.242. The van der Waals surface area contributed by atoms with Crippen LogP contribution in [-0.4, -0.2) is 15.1 Å². The summed E-state index contributed by atoms with van der Waals surface area (Å²) in [5.41, 5.74) is 1.09. The van der Waals surface area contributed by atoms with Gasteiger partial charge in [-0.15, -0.1) is 0 Å². The second-order valence-electron chi connectivity index (χ2n) is 4.72. The minimum atomic E-state index is 0.258. The molecule has 5 nitrogen and oxygen atoms in total. The van der Waals surface area contributed by atoms with E-state index in [-0.39, 0.29) is 12.5 Å². The number of ether oxygens (including phenoxy) is 1. The van der Waals surface area contributed by atoms with Gasteiger partial charge in [0, 0.05) is 23.0 Å². The minimum absolute atomic E-state index is 0.258. The van der Waals surface area contributed by atoms with E-state index >= 15 is 0 Å². The van der Waals surface area contributed by atoms with E-state index in [0.29, 0.717) is 11.7 Å². The zero-order valence-electron chi connectivity index (χ0n) is 10.9. The maximum atomic E-state index is 5.65. The summed E-state index contributed by atoms with van der Waals surface area (Å²) in [4.78, 5) is 7.41. The Morgan fingerprint density at radius 2 is 2.21 bits per heavy atom. The number of H-pyrrole nitrogens is 1. The molecule has 0 fully saturated rings. The van der Waals surface area contributed by atoms with Gasteiger partial charge in [-0.2, -0.15) is 4.98 Å². The Morgan fingerprint density at radius 3 is 3.00 bits per heavy atom. The molecular weight excluding hydrogens is 242 g/mol. The predicted octanol–water partition coefficient (Wildman–Crippen LogP) is 3.25. The lowest BCUT2D eigenvalue weighted by atomic mass is 10.2. The van der Waals surface area contributed by atoms with E-state index in [1.807, 2.05) is 44.3 Å². The van der Waals surface area contributed by atoms with Crippen molar-refractivity contribution in [1.29, 1.82) is 0 Å². The monoisotopic (exact) mass is 257 g/mol. The van der Waals surface area contributed by atoms with Crippen molar-refractivity contribution in [2.75, 3.05) is 0 Å². The van der Waals surface area contributed by atoms with Gasteiger partial charge in [-0.3, -0.25) is 0 Å². The third-order valence-electron chi connectivity index (χ3n) is 2.89. The largest absolute Gasteiger partial charge is 0.484 e. The summed E-state index contributed by atoms with van der Waals surface area (Å²) < 4.78 is 10.8. The standard InChI is InChI=1S/C14H15N3O2/c1-9(2)14-16-13(19-17-14)8-18-11-3-4-12-10(7-11)5-6-15-12/h3-7,9,15H,8H2,1-2H3. The Balaban J connectivity index is 1.70. The van der Waals surface area contributed by atoms with E-state index in [2.05, 4.69) is 15.1 Å². The number of nitrogens with zero attached hydrogens (tertiary/aromatic N) is 2. The molecule has 0 atom stereocenters. The van der Waals surface area contributed by atoms with Gasteiger partial charge in [-0.25, -0.2) is 0 Å². The average Bonchev–Trinajstić information content (AvgIpc) is 3.04. The smallest absolute Gasteiger partial charge is 0.264 e. The second kappa shape index (κ2) is 4.76. The molecule has 0 saturated heterocycles. The number of hydrogen-bond donors (Lipinski definition) is 1. The van der Waals surface area contributed by atoms with Crippen molar-refractivity contribution in [2.24, 2.45) is 0 Å². The number of aromatic nitrogens is 3. The molecule has 0 spiro atoms. The van der Waals surface area contributed by atoms with Crippen LogP contribution in [0.15, 0.2) is 35.0 Å². The molecule has 0 aliphatic heterocycles. The first-order valence-electron chi connectivity index (χ1n) is 6.25. The quantitative estimate of drug-likeness (QED) is 0.779. The molecule has 0 bridgehead atoms. The summed E-state index contributed by atoms with van der Waals surface area (Å²) in [5.74, 6) is 2.25. The summed E-state index contributed by atoms with van der Waals surface area (Å²) in [6, 6.07) is 7.88. The second-order valence-corrected chi connectivity index (χ2v) is 4.72. The van der Waals surface area contributed by atoms with Gasteiger partial charge in [0.25, 0.3) is 5.89 Å². The summed E-state index contributed by atoms with van der Waals surface area (Å²) in [5, 5.41) is 5.02. The number of benzene rings is 1. The van der Waals surface area contributed by atoms with E-state index < -0.39 is 0 Å². The highest BCUT2D eigenvalue weighted by Gasteiger charge is 2.10. The predicted molar refractivity (Wildman–Crippen MR) is 71.0 cm³/mol. The highest BCUT2D eigenvalue weighted by atomic mass is 16.5. The Morgan fingerprint density at radius 1 is 1.32 bits per heavy atom. The first-order chi connectivity index (χ1) is 9.22. The third kappa shape index (κ3) is 2.45. The molecule has 0 aliphatic carbocycles. The molecule has 0 saturated carbocycles. The van der Waals surface area contributed by atoms with Crippen molar-refractivity contribution in [1.82, 2.24) is 15.1 Å². The van der Waals surface area contributed by atoms with Crippen LogP contribution in [0.4, 0.5) is 0 Å². The molecule has 98 valence electrons. The van der Waals surface area contributed by atoms with E-state index in [1.54, 1.807) is 0 Å². The maximum absolute atomic E-state index is 5.65. The maximum Gasteiger partial charge on any atom is 0.264 e. The molecule has 19 heavy (non-hydrogen) atoms. The van der Waals surface area contributed by atoms with Gasteiger partial charge in [0.2, 0.25) is 0 Å². The van der Waals surface area contributed by atoms with Crippen molar-refractivity contribution in [3.63, 3.8) is 0 Å². The van der Waals surface area contributed by atoms with Crippen LogP contribution in [-0.2, 0) is 6.61 Å². The fourth-order valence-corrected chi connectivity index (χ4v) is 1.83. The summed E-state index contributed by atoms with van der Waals surface area (Å²) in [6.07, 6.45) is 1.90. The molecule has 0 unspecified atom stereocenters. The van der Waals surface area contributed by atoms with Gasteiger partial charge in [0.1, 0.15) is 5.75 Å². The van der Waals surface area contributed by atoms with E-state index in [1.165, 1.54) is 0 Å². The Hall–Kier alpha value is -2.30. The zero-order valence-corrected chi connectivity index (χ0v) is 10.9. The molecule has 1 aromatic carbocycles. The van der Waals surface area contributed by atoms with Crippen molar-refractivity contribution >= 4 is 10.9 Å². The van der Waals surface area contributed by atoms with Gasteiger partial charge in [-0.05, 0) is 24.3 Å². The fourth-order valence-electron chi connectivity index (χ4n) is 1.83. The van der Waals surface area contributed by atoms with Crippen LogP contribution in [0.3, 0.4) is 0 Å². The molecule has 2 aromatic heterocycles. The molecule has 0 radical (unpaired) electrons. The summed E-state index contributed by atoms with van der Waals surface area (Å²) >= 11 is 0. The fraction of sp³-hybridized carbons (Fsp3) is 0.286. The van der Waals surface area contributed by atoms with Crippen molar-refractivity contribution in [2.45, 2.75) is 26.4 Å². The van der Waals surface area contributed by atoms with Crippen LogP contribution >= 0.6 is 0 Å². The number of rotatable bonds is 4. The molecule has 5 heteroatoms. The van der Waals surface area contributed by atoms with Crippen LogP contribution in [0.5, 0.6) is 5.75 Å². The van der Waals surface area contributed by atoms with Crippen molar-refractivity contribution in [3.05, 3.63) is 42.2 Å². The van der Waals surface area contributed by atoms with Crippen molar-refractivity contribution in [3.8, 4) is 5.75 Å². The average molecular weight is 257 g/mol. The summed E-state index contributed by atoms with van der Waals surface area (Å²) in [7, 11) is 0. The summed E-state index contributed by atoms with van der Waals surface area (Å²) in [6.45, 7) is 4.33. The van der Waals surface area contributed by atoms with E-state index in [4.69, 9.17) is 9.26 Å². The number of aromatic amines is 1. The molecule has 3 rings (SSSR count). The van der Waals surface area contributed by atoms with Crippen LogP contribution in [0.2, 0.25) is 0 Å². The lowest BCUT2D eigenvalue weighted by Gasteiger charge is -2.02. The van der Waals surface area contributed by atoms with Crippen LogP contribution in [0, 0.1) is 0 Å². The molecular formula is C14H15N3O2. The van der Waals surface area contributed by atoms with Gasteiger partial charge >= 0.3 is 0 Å². The minimum Gasteiger partial charge on any atom is -0.484 e. The zero-order chi connectivity index (χ0) is 13.2. The van der Waals surface area contributed by atoms with Crippen LogP contribution in [0.1, 0.15) is 31.5 Å². The molecule has 2 heterocycles. The third-order valence-corrected chi connectivity index (χ3v) is 2.89. The number of fused-ring (bicyclic) bond motifs is 1. The molecule has 0 amide bonds. The van der Waals surface area contributed by atoms with Crippen molar-refractivity contribution < 1.29 is 9.26 Å². The number of hydrogen-bond acceptors (Lipinski definition) is 4.